The van der Waals surface area contributed by atoms with Crippen molar-refractivity contribution in [2.24, 2.45) is 17.8 Å². The summed E-state index contributed by atoms with van der Waals surface area (Å²) >= 11 is 0. The molecule has 1 saturated heterocycles. The third-order valence-corrected chi connectivity index (χ3v) is 13.3. The Balaban J connectivity index is 1.22. The van der Waals surface area contributed by atoms with Gasteiger partial charge in [-0.1, -0.05) is 26.0 Å². The van der Waals surface area contributed by atoms with Gasteiger partial charge in [-0.3, -0.25) is 19.1 Å². The molecule has 7 rings (SSSR count). The van der Waals surface area contributed by atoms with E-state index in [1.54, 1.807) is 13.0 Å². The van der Waals surface area contributed by atoms with Crippen molar-refractivity contribution in [3.8, 4) is 17.4 Å². The number of ether oxygens (including phenoxy) is 4. The van der Waals surface area contributed by atoms with E-state index in [1.807, 2.05) is 13.0 Å². The van der Waals surface area contributed by atoms with Gasteiger partial charge in [0.05, 0.1) is 11.8 Å². The van der Waals surface area contributed by atoms with E-state index in [9.17, 15) is 49.5 Å². The highest BCUT2D eigenvalue weighted by Gasteiger charge is 2.62. The number of fused-ring (bicyclic) bond motifs is 5. The van der Waals surface area contributed by atoms with Crippen molar-refractivity contribution in [3.05, 3.63) is 36.5 Å². The molecule has 15 nitrogen and oxygen atoms in total. The lowest BCUT2D eigenvalue weighted by Crippen LogP contribution is -2.59. The van der Waals surface area contributed by atoms with Crippen molar-refractivity contribution in [3.63, 3.8) is 0 Å². The van der Waals surface area contributed by atoms with Crippen LogP contribution >= 0.6 is 0 Å². The average Bonchev–Trinajstić information content (AvgIpc) is 4.03. The number of nitrogens with one attached hydrogen (secondary N) is 3. The van der Waals surface area contributed by atoms with Gasteiger partial charge in [0.25, 0.3) is 5.91 Å². The zero-order chi connectivity index (χ0) is 42.9. The molecule has 2 aliphatic carbocycles. The molecular formula is C38H44F5N5O10S. The van der Waals surface area contributed by atoms with E-state index in [1.165, 1.54) is 24.4 Å². The average molecular weight is 858 g/mol. The first-order chi connectivity index (χ1) is 27.5. The lowest BCUT2D eigenvalue weighted by atomic mass is 9.88. The number of halogens is 5. The Labute approximate surface area is 335 Å². The number of hydrogen-bond acceptors (Lipinski definition) is 11. The van der Waals surface area contributed by atoms with Gasteiger partial charge in [-0.25, -0.2) is 18.2 Å². The molecule has 0 radical (unpaired) electrons. The number of aromatic nitrogens is 1. The zero-order valence-electron chi connectivity index (χ0n) is 32.4. The highest BCUT2D eigenvalue weighted by molar-refractivity contribution is 7.91. The van der Waals surface area contributed by atoms with Crippen LogP contribution in [0.25, 0.3) is 10.8 Å². The lowest BCUT2D eigenvalue weighted by molar-refractivity contribution is -0.286. The van der Waals surface area contributed by atoms with Crippen LogP contribution < -0.4 is 29.6 Å². The largest absolute Gasteiger partial charge is 0.586 e. The lowest BCUT2D eigenvalue weighted by Gasteiger charge is -2.34. The molecular weight excluding hydrogens is 814 g/mol. The van der Waals surface area contributed by atoms with E-state index in [0.717, 1.165) is 4.90 Å². The highest BCUT2D eigenvalue weighted by Crippen LogP contribution is 2.48. The maximum absolute atomic E-state index is 14.7. The molecule has 3 fully saturated rings. The van der Waals surface area contributed by atoms with Crippen molar-refractivity contribution in [2.75, 3.05) is 6.54 Å². The van der Waals surface area contributed by atoms with Crippen LogP contribution in [0.4, 0.5) is 26.7 Å². The first kappa shape index (κ1) is 42.2. The van der Waals surface area contributed by atoms with E-state index in [4.69, 9.17) is 14.2 Å². The number of carbonyl (C=O) groups excluding carboxylic acids is 4. The summed E-state index contributed by atoms with van der Waals surface area (Å²) in [6, 6.07) is 1.08. The molecule has 7 atom stereocenters. The van der Waals surface area contributed by atoms with Gasteiger partial charge in [0.15, 0.2) is 11.5 Å². The molecule has 21 heteroatoms. The molecule has 3 N–H and O–H groups in total. The highest BCUT2D eigenvalue weighted by atomic mass is 32.2. The minimum atomic E-state index is -4.96. The number of amides is 4. The van der Waals surface area contributed by atoms with Gasteiger partial charge in [-0.15, -0.1) is 8.78 Å². The number of alkyl carbamates (subject to hydrolysis) is 1. The third-order valence-electron chi connectivity index (χ3n) is 11.5. The second-order valence-electron chi connectivity index (χ2n) is 16.5. The molecule has 1 unspecified atom stereocenters. The molecule has 59 heavy (non-hydrogen) atoms. The Kier molecular flexibility index (Phi) is 10.7. The number of pyridine rings is 1. The maximum atomic E-state index is 14.7. The summed E-state index contributed by atoms with van der Waals surface area (Å²) in [5.41, 5.74) is -4.63. The molecule has 5 aliphatic rings. The predicted molar refractivity (Wildman–Crippen MR) is 196 cm³/mol. The summed E-state index contributed by atoms with van der Waals surface area (Å²) in [4.78, 5) is 61.3. The van der Waals surface area contributed by atoms with Crippen molar-refractivity contribution in [1.29, 1.82) is 0 Å². The molecule has 0 spiro atoms. The molecule has 1 aromatic heterocycles. The molecule has 3 aliphatic heterocycles. The monoisotopic (exact) mass is 857 g/mol. The topological polar surface area (TPSA) is 192 Å². The van der Waals surface area contributed by atoms with Crippen LogP contribution in [0, 0.1) is 17.8 Å². The van der Waals surface area contributed by atoms with E-state index in [0.29, 0.717) is 46.0 Å². The first-order valence-electron chi connectivity index (χ1n) is 19.3. The number of hydrogen-bond donors (Lipinski definition) is 3. The SMILES string of the molecule is C[C@@H]1CC/C=C\[C@@H]2C[C@@]2(C(=O)NS(=O)(=O)C2CC2)NC(=O)[C@@H]2C[C@@H](Oc3nccc4c5c(ccc34)OC(F)(F)O5)CN2C(=O)C(NC(=O)OC(C)(C)C(F)(F)F)[C@H](C)C1. The zero-order valence-corrected chi connectivity index (χ0v) is 33.3. The molecule has 0 bridgehead atoms. The van der Waals surface area contributed by atoms with Gasteiger partial charge in [0.2, 0.25) is 33.3 Å². The number of benzene rings is 1. The van der Waals surface area contributed by atoms with E-state index < -0.39 is 92.7 Å². The molecule has 2 aromatic rings. The summed E-state index contributed by atoms with van der Waals surface area (Å²) in [6.45, 7) is 4.48. The van der Waals surface area contributed by atoms with Gasteiger partial charge in [-0.2, -0.15) is 13.2 Å². The maximum Gasteiger partial charge on any atom is 0.586 e. The Morgan fingerprint density at radius 3 is 2.46 bits per heavy atom. The van der Waals surface area contributed by atoms with Gasteiger partial charge in [0.1, 0.15) is 23.7 Å². The summed E-state index contributed by atoms with van der Waals surface area (Å²) in [5, 5.41) is 4.66. The molecule has 1 aromatic carbocycles. The van der Waals surface area contributed by atoms with Crippen molar-refractivity contribution < 1.29 is 68.5 Å². The minimum Gasteiger partial charge on any atom is -0.472 e. The second-order valence-corrected chi connectivity index (χ2v) is 18.5. The van der Waals surface area contributed by atoms with Gasteiger partial charge < -0.3 is 34.5 Å². The van der Waals surface area contributed by atoms with E-state index >= 15 is 0 Å². The van der Waals surface area contributed by atoms with Gasteiger partial charge >= 0.3 is 18.6 Å². The quantitative estimate of drug-likeness (QED) is 0.255. The van der Waals surface area contributed by atoms with Crippen molar-refractivity contribution in [2.45, 2.75) is 120 Å². The molecule has 4 amide bonds. The van der Waals surface area contributed by atoms with Crippen LogP contribution in [-0.2, 0) is 29.1 Å². The number of nitrogens with zero attached hydrogens (tertiary/aromatic N) is 2. The fraction of sp³-hybridized carbons (Fsp3) is 0.605. The normalized spacial score (nSPS) is 30.2. The smallest absolute Gasteiger partial charge is 0.472 e. The molecule has 322 valence electrons. The summed E-state index contributed by atoms with van der Waals surface area (Å²) in [7, 11) is -4.03. The van der Waals surface area contributed by atoms with Crippen LogP contribution in [0.5, 0.6) is 17.4 Å². The summed E-state index contributed by atoms with van der Waals surface area (Å²) in [6.07, 6.45) is -4.71. The summed E-state index contributed by atoms with van der Waals surface area (Å²) < 4.78 is 117. The number of sulfonamides is 1. The van der Waals surface area contributed by atoms with Crippen LogP contribution in [-0.4, -0.2) is 95.7 Å². The number of rotatable bonds is 7. The van der Waals surface area contributed by atoms with Gasteiger partial charge in [-0.05, 0) is 82.4 Å². The molecule has 4 heterocycles. The Morgan fingerprint density at radius 1 is 1.03 bits per heavy atom. The Morgan fingerprint density at radius 2 is 1.76 bits per heavy atom. The fourth-order valence-electron chi connectivity index (χ4n) is 7.83. The number of carbonyl (C=O) groups is 4. The van der Waals surface area contributed by atoms with Crippen molar-refractivity contribution in [1.82, 2.24) is 25.2 Å². The third kappa shape index (κ3) is 8.57. The van der Waals surface area contributed by atoms with Crippen LogP contribution in [0.1, 0.15) is 72.6 Å². The van der Waals surface area contributed by atoms with E-state index in [2.05, 4.69) is 25.1 Å². The van der Waals surface area contributed by atoms with Gasteiger partial charge in [0, 0.05) is 29.3 Å². The predicted octanol–water partition coefficient (Wildman–Crippen LogP) is 4.84. The standard InChI is InChI=1S/C38H44F5N5O10S/c1-19-7-5-6-8-21-17-36(21,33(51)47-59(53,54)23-9-10-23)46-30(49)26-16-22(55-31-25-11-12-27-29(24(25)13-14-44-31)57-38(42,43)56-27)18-48(26)32(50)28(20(2)15-19)45-34(52)58-35(3,4)37(39,40)41/h6,8,11-14,19-23,26,28H,5,7,9-10,15-18H2,1-4H3,(H,45,52)(H,46,49)(H,47,51)/b8-6-/t19-,20-,21-,22-,26+,28?,36-/m1/s1. The minimum absolute atomic E-state index is 0.0501. The van der Waals surface area contributed by atoms with E-state index in [-0.39, 0.29) is 53.5 Å². The number of allylic oxidation sites excluding steroid dienone is 1. The van der Waals surface area contributed by atoms with Crippen LogP contribution in [0.2, 0.25) is 0 Å². The first-order valence-corrected chi connectivity index (χ1v) is 20.8. The number of alkyl halides is 5. The van der Waals surface area contributed by atoms with Crippen LogP contribution in [0.3, 0.4) is 0 Å². The van der Waals surface area contributed by atoms with Crippen LogP contribution in [0.15, 0.2) is 36.5 Å². The fourth-order valence-corrected chi connectivity index (χ4v) is 9.19. The molecule has 2 saturated carbocycles. The van der Waals surface area contributed by atoms with Crippen molar-refractivity contribution >= 4 is 44.6 Å². The summed E-state index contributed by atoms with van der Waals surface area (Å²) in [5.74, 6) is -4.68. The Hall–Kier alpha value is -4.95. The second kappa shape index (κ2) is 14.9. The Bertz CT molecular complexity index is 2180.